The quantitative estimate of drug-likeness (QED) is 0.790. The van der Waals surface area contributed by atoms with E-state index in [4.69, 9.17) is 9.68 Å². The number of rotatable bonds is 4. The number of furan rings is 1. The fourth-order valence-corrected chi connectivity index (χ4v) is 1.77. The molecule has 3 heteroatoms. The minimum atomic E-state index is -0.0907. The van der Waals surface area contributed by atoms with Crippen molar-refractivity contribution in [1.82, 2.24) is 5.32 Å². The first-order valence-corrected chi connectivity index (χ1v) is 4.99. The molecule has 1 aromatic rings. The third kappa shape index (κ3) is 1.80. The summed E-state index contributed by atoms with van der Waals surface area (Å²) in [5.41, 5.74) is -0.0907. The van der Waals surface area contributed by atoms with Crippen LogP contribution < -0.4 is 5.32 Å². The molecule has 0 bridgehead atoms. The Labute approximate surface area is 83.7 Å². The van der Waals surface area contributed by atoms with Crippen molar-refractivity contribution in [3.8, 4) is 6.07 Å². The maximum atomic E-state index is 8.98. The van der Waals surface area contributed by atoms with E-state index in [1.165, 1.54) is 6.42 Å². The highest BCUT2D eigenvalue weighted by molar-refractivity contribution is 5.06. The molecule has 1 heterocycles. The topological polar surface area (TPSA) is 49.0 Å². The van der Waals surface area contributed by atoms with E-state index in [2.05, 4.69) is 11.4 Å². The van der Waals surface area contributed by atoms with Gasteiger partial charge in [-0.25, -0.2) is 0 Å². The van der Waals surface area contributed by atoms with Crippen molar-refractivity contribution in [3.63, 3.8) is 0 Å². The Kier molecular flexibility index (Phi) is 2.55. The smallest absolute Gasteiger partial charge is 0.117 e. The molecule has 0 amide bonds. The van der Waals surface area contributed by atoms with E-state index in [9.17, 15) is 0 Å². The molecule has 1 aliphatic carbocycles. The lowest BCUT2D eigenvalue weighted by molar-refractivity contribution is 0.205. The molecule has 3 nitrogen and oxygen atoms in total. The second-order valence-electron chi connectivity index (χ2n) is 3.93. The van der Waals surface area contributed by atoms with Crippen molar-refractivity contribution >= 4 is 0 Å². The van der Waals surface area contributed by atoms with Gasteiger partial charge in [-0.3, -0.25) is 0 Å². The van der Waals surface area contributed by atoms with E-state index in [0.717, 1.165) is 31.7 Å². The summed E-state index contributed by atoms with van der Waals surface area (Å²) in [4.78, 5) is 0. The van der Waals surface area contributed by atoms with Gasteiger partial charge in [0, 0.05) is 6.54 Å². The summed E-state index contributed by atoms with van der Waals surface area (Å²) < 4.78 is 5.19. The molecule has 1 fully saturated rings. The first-order chi connectivity index (χ1) is 6.85. The van der Waals surface area contributed by atoms with Crippen LogP contribution in [-0.4, -0.2) is 6.54 Å². The van der Waals surface area contributed by atoms with E-state index in [1.54, 1.807) is 6.26 Å². The van der Waals surface area contributed by atoms with Gasteiger partial charge in [0.15, 0.2) is 0 Å². The molecule has 0 spiro atoms. The number of nitrogens with one attached hydrogen (secondary N) is 1. The second-order valence-corrected chi connectivity index (χ2v) is 3.93. The molecule has 74 valence electrons. The lowest BCUT2D eigenvalue weighted by atomic mass is 9.70. The fraction of sp³-hybridized carbons (Fsp3) is 0.545. The summed E-state index contributed by atoms with van der Waals surface area (Å²) in [5.74, 6) is 0.928. The normalized spacial score (nSPS) is 18.5. The summed E-state index contributed by atoms with van der Waals surface area (Å²) in [7, 11) is 0. The van der Waals surface area contributed by atoms with Crippen molar-refractivity contribution < 1.29 is 4.42 Å². The number of nitriles is 1. The van der Waals surface area contributed by atoms with Gasteiger partial charge in [0.05, 0.1) is 24.3 Å². The zero-order valence-electron chi connectivity index (χ0n) is 8.12. The Bertz CT molecular complexity index is 320. The van der Waals surface area contributed by atoms with Crippen LogP contribution in [0.1, 0.15) is 25.0 Å². The van der Waals surface area contributed by atoms with Crippen LogP contribution in [0.3, 0.4) is 0 Å². The van der Waals surface area contributed by atoms with Gasteiger partial charge in [-0.1, -0.05) is 6.42 Å². The molecule has 0 saturated heterocycles. The summed E-state index contributed by atoms with van der Waals surface area (Å²) in [6.45, 7) is 1.50. The molecule has 2 rings (SSSR count). The monoisotopic (exact) mass is 190 g/mol. The molecule has 1 aliphatic rings. The third-order valence-corrected chi connectivity index (χ3v) is 2.89. The molecular formula is C11H14N2O. The van der Waals surface area contributed by atoms with Crippen LogP contribution in [-0.2, 0) is 6.54 Å². The van der Waals surface area contributed by atoms with Gasteiger partial charge in [-0.2, -0.15) is 5.26 Å². The van der Waals surface area contributed by atoms with E-state index in [1.807, 2.05) is 12.1 Å². The molecule has 0 aliphatic heterocycles. The van der Waals surface area contributed by atoms with Crippen LogP contribution in [0.15, 0.2) is 22.8 Å². The van der Waals surface area contributed by atoms with Crippen molar-refractivity contribution in [2.24, 2.45) is 5.41 Å². The molecule has 0 radical (unpaired) electrons. The molecule has 0 atom stereocenters. The summed E-state index contributed by atoms with van der Waals surface area (Å²) >= 11 is 0. The van der Waals surface area contributed by atoms with E-state index < -0.39 is 0 Å². The Morgan fingerprint density at radius 1 is 1.57 bits per heavy atom. The van der Waals surface area contributed by atoms with Gasteiger partial charge in [-0.15, -0.1) is 0 Å². The van der Waals surface area contributed by atoms with Crippen LogP contribution >= 0.6 is 0 Å². The van der Waals surface area contributed by atoms with Crippen LogP contribution in [0.2, 0.25) is 0 Å². The van der Waals surface area contributed by atoms with Gasteiger partial charge >= 0.3 is 0 Å². The summed E-state index contributed by atoms with van der Waals surface area (Å²) in [6, 6.07) is 6.21. The minimum Gasteiger partial charge on any atom is -0.468 e. The van der Waals surface area contributed by atoms with E-state index in [-0.39, 0.29) is 5.41 Å². The van der Waals surface area contributed by atoms with Gasteiger partial charge in [0.2, 0.25) is 0 Å². The summed E-state index contributed by atoms with van der Waals surface area (Å²) in [5, 5.41) is 12.2. The van der Waals surface area contributed by atoms with Crippen LogP contribution in [0, 0.1) is 16.7 Å². The highest BCUT2D eigenvalue weighted by Crippen LogP contribution is 2.39. The molecule has 1 aromatic heterocycles. The Balaban J connectivity index is 1.75. The molecule has 0 unspecified atom stereocenters. The highest BCUT2D eigenvalue weighted by Gasteiger charge is 2.36. The van der Waals surface area contributed by atoms with Crippen LogP contribution in [0.4, 0.5) is 0 Å². The second kappa shape index (κ2) is 3.85. The maximum absolute atomic E-state index is 8.98. The van der Waals surface area contributed by atoms with Crippen LogP contribution in [0.25, 0.3) is 0 Å². The zero-order chi connectivity index (χ0) is 9.86. The van der Waals surface area contributed by atoms with Crippen molar-refractivity contribution in [2.45, 2.75) is 25.8 Å². The first-order valence-electron chi connectivity index (χ1n) is 4.99. The lowest BCUT2D eigenvalue weighted by Crippen LogP contribution is -2.38. The third-order valence-electron chi connectivity index (χ3n) is 2.89. The van der Waals surface area contributed by atoms with Crippen molar-refractivity contribution in [3.05, 3.63) is 24.2 Å². The molecule has 1 N–H and O–H groups in total. The Morgan fingerprint density at radius 2 is 2.43 bits per heavy atom. The number of nitrogens with zero attached hydrogens (tertiary/aromatic N) is 1. The van der Waals surface area contributed by atoms with Gasteiger partial charge in [0.1, 0.15) is 5.76 Å². The first kappa shape index (κ1) is 9.29. The standard InChI is InChI=1S/C11H14N2O/c12-8-11(4-2-5-11)9-13-7-10-3-1-6-14-10/h1,3,6,13H,2,4-5,7,9H2. The molecular weight excluding hydrogens is 176 g/mol. The largest absolute Gasteiger partial charge is 0.468 e. The number of hydrogen-bond acceptors (Lipinski definition) is 3. The van der Waals surface area contributed by atoms with Gasteiger partial charge in [0.25, 0.3) is 0 Å². The predicted molar refractivity (Wildman–Crippen MR) is 52.3 cm³/mol. The fourth-order valence-electron chi connectivity index (χ4n) is 1.77. The van der Waals surface area contributed by atoms with Gasteiger partial charge in [-0.05, 0) is 25.0 Å². The van der Waals surface area contributed by atoms with Crippen LogP contribution in [0.5, 0.6) is 0 Å². The highest BCUT2D eigenvalue weighted by atomic mass is 16.3. The van der Waals surface area contributed by atoms with Gasteiger partial charge < -0.3 is 9.73 Å². The average Bonchev–Trinajstić information content (AvgIpc) is 2.62. The minimum absolute atomic E-state index is 0.0907. The van der Waals surface area contributed by atoms with Crippen molar-refractivity contribution in [1.29, 1.82) is 5.26 Å². The lowest BCUT2D eigenvalue weighted by Gasteiger charge is -2.35. The number of hydrogen-bond donors (Lipinski definition) is 1. The Hall–Kier alpha value is -1.27. The van der Waals surface area contributed by atoms with E-state index >= 15 is 0 Å². The summed E-state index contributed by atoms with van der Waals surface area (Å²) in [6.07, 6.45) is 4.93. The van der Waals surface area contributed by atoms with Crippen molar-refractivity contribution in [2.75, 3.05) is 6.54 Å². The SMILES string of the molecule is N#CC1(CNCc2ccco2)CCC1. The molecule has 0 aromatic carbocycles. The van der Waals surface area contributed by atoms with E-state index in [0.29, 0.717) is 0 Å². The Morgan fingerprint density at radius 3 is 2.93 bits per heavy atom. The molecule has 14 heavy (non-hydrogen) atoms. The average molecular weight is 190 g/mol. The zero-order valence-corrected chi connectivity index (χ0v) is 8.12. The molecule has 1 saturated carbocycles. The predicted octanol–water partition coefficient (Wildman–Crippen LogP) is 2.06. The maximum Gasteiger partial charge on any atom is 0.117 e.